The molecule has 94 valence electrons. The summed E-state index contributed by atoms with van der Waals surface area (Å²) < 4.78 is 0. The Morgan fingerprint density at radius 1 is 1.39 bits per heavy atom. The zero-order valence-corrected chi connectivity index (χ0v) is 11.7. The van der Waals surface area contributed by atoms with Gasteiger partial charge in [0.25, 0.3) is 0 Å². The Bertz CT molecular complexity index is 573. The van der Waals surface area contributed by atoms with Crippen molar-refractivity contribution in [3.05, 3.63) is 22.4 Å². The fourth-order valence-corrected chi connectivity index (χ4v) is 3.41. The molecule has 0 spiro atoms. The first-order valence-corrected chi connectivity index (χ1v) is 7.06. The van der Waals surface area contributed by atoms with E-state index in [9.17, 15) is 9.59 Å². The predicted octanol–water partition coefficient (Wildman–Crippen LogP) is 2.96. The molecule has 2 heterocycles. The highest BCUT2D eigenvalue weighted by Gasteiger charge is 2.15. The molecule has 0 aliphatic heterocycles. The van der Waals surface area contributed by atoms with Gasteiger partial charge in [-0.15, -0.1) is 22.7 Å². The second-order valence-electron chi connectivity index (χ2n) is 3.83. The van der Waals surface area contributed by atoms with E-state index in [0.29, 0.717) is 11.6 Å². The summed E-state index contributed by atoms with van der Waals surface area (Å²) in [5.41, 5.74) is 0.800. The number of carbonyl (C=O) groups excluding carboxylic acids is 2. The number of nitrogens with zero attached hydrogens (tertiary/aromatic N) is 1. The summed E-state index contributed by atoms with van der Waals surface area (Å²) in [7, 11) is 0. The van der Waals surface area contributed by atoms with Crippen LogP contribution < -0.4 is 5.32 Å². The maximum Gasteiger partial charge on any atom is 0.223 e. The Morgan fingerprint density at radius 3 is 2.72 bits per heavy atom. The zero-order valence-electron chi connectivity index (χ0n) is 10.0. The molecule has 0 aliphatic rings. The van der Waals surface area contributed by atoms with Crippen molar-refractivity contribution >= 4 is 39.5 Å². The molecule has 0 saturated heterocycles. The summed E-state index contributed by atoms with van der Waals surface area (Å²) in [6, 6.07) is 3.90. The van der Waals surface area contributed by atoms with Crippen molar-refractivity contribution in [2.24, 2.45) is 0 Å². The molecule has 1 amide bonds. The third kappa shape index (κ3) is 3.02. The molecular formula is C12H12N2O2S2. The van der Waals surface area contributed by atoms with Crippen LogP contribution in [0.3, 0.4) is 0 Å². The van der Waals surface area contributed by atoms with Gasteiger partial charge in [0.1, 0.15) is 5.78 Å². The second-order valence-corrected chi connectivity index (χ2v) is 5.86. The minimum absolute atomic E-state index is 0.0887. The van der Waals surface area contributed by atoms with Crippen molar-refractivity contribution in [2.45, 2.75) is 20.3 Å². The van der Waals surface area contributed by atoms with Crippen LogP contribution in [0.15, 0.2) is 17.5 Å². The number of aromatic nitrogens is 1. The number of thiazole rings is 1. The van der Waals surface area contributed by atoms with Crippen molar-refractivity contribution in [2.75, 3.05) is 5.32 Å². The van der Waals surface area contributed by atoms with Crippen LogP contribution in [-0.4, -0.2) is 16.7 Å². The normalized spacial score (nSPS) is 10.3. The van der Waals surface area contributed by atoms with E-state index < -0.39 is 0 Å². The second kappa shape index (κ2) is 5.41. The van der Waals surface area contributed by atoms with Crippen LogP contribution in [0, 0.1) is 0 Å². The highest BCUT2D eigenvalue weighted by atomic mass is 32.1. The third-order valence-corrected chi connectivity index (χ3v) is 3.99. The van der Waals surface area contributed by atoms with Crippen molar-refractivity contribution in [3.63, 3.8) is 0 Å². The summed E-state index contributed by atoms with van der Waals surface area (Å²) in [5, 5.41) is 5.17. The molecule has 0 unspecified atom stereocenters. The standard InChI is InChI=1S/C12H12N2O2S2/c1-7(15)6-10-11(9-4-3-5-17-9)14-12(18-10)13-8(2)16/h3-5H,6H2,1-2H3,(H,13,14,16). The Labute approximate surface area is 113 Å². The highest BCUT2D eigenvalue weighted by Crippen LogP contribution is 2.34. The minimum Gasteiger partial charge on any atom is -0.302 e. The molecule has 0 aliphatic carbocycles. The summed E-state index contributed by atoms with van der Waals surface area (Å²) in [6.07, 6.45) is 0.352. The Morgan fingerprint density at radius 2 is 2.17 bits per heavy atom. The van der Waals surface area contributed by atoms with Crippen molar-refractivity contribution in [3.8, 4) is 10.6 Å². The Balaban J connectivity index is 2.38. The molecule has 0 fully saturated rings. The van der Waals surface area contributed by atoms with Gasteiger partial charge in [-0.3, -0.25) is 9.59 Å². The molecule has 6 heteroatoms. The summed E-state index contributed by atoms with van der Waals surface area (Å²) in [5.74, 6) is -0.0679. The van der Waals surface area contributed by atoms with Gasteiger partial charge in [0, 0.05) is 18.2 Å². The van der Waals surface area contributed by atoms with Gasteiger partial charge in [-0.2, -0.15) is 0 Å². The SMILES string of the molecule is CC(=O)Cc1sc(NC(C)=O)nc1-c1cccs1. The molecule has 18 heavy (non-hydrogen) atoms. The molecule has 0 bridgehead atoms. The maximum atomic E-state index is 11.3. The Kier molecular flexibility index (Phi) is 3.88. The lowest BCUT2D eigenvalue weighted by molar-refractivity contribution is -0.116. The first-order chi connectivity index (χ1) is 8.56. The number of hydrogen-bond acceptors (Lipinski definition) is 5. The largest absolute Gasteiger partial charge is 0.302 e. The van der Waals surface area contributed by atoms with E-state index in [1.165, 1.54) is 18.3 Å². The predicted molar refractivity (Wildman–Crippen MR) is 74.1 cm³/mol. The molecule has 0 atom stereocenters. The molecule has 4 nitrogen and oxygen atoms in total. The van der Waals surface area contributed by atoms with E-state index in [0.717, 1.165) is 15.4 Å². The quantitative estimate of drug-likeness (QED) is 0.936. The van der Waals surface area contributed by atoms with Gasteiger partial charge in [0.2, 0.25) is 5.91 Å². The number of amides is 1. The number of ketones is 1. The van der Waals surface area contributed by atoms with Crippen LogP contribution in [0.2, 0.25) is 0 Å². The molecule has 1 N–H and O–H groups in total. The van der Waals surface area contributed by atoms with Crippen LogP contribution in [0.25, 0.3) is 10.6 Å². The van der Waals surface area contributed by atoms with Gasteiger partial charge in [-0.1, -0.05) is 6.07 Å². The number of hydrogen-bond donors (Lipinski definition) is 1. The van der Waals surface area contributed by atoms with Crippen LogP contribution >= 0.6 is 22.7 Å². The van der Waals surface area contributed by atoms with Gasteiger partial charge in [0.05, 0.1) is 10.6 Å². The molecule has 0 aromatic carbocycles. The van der Waals surface area contributed by atoms with Crippen LogP contribution in [0.1, 0.15) is 18.7 Å². The number of nitrogens with one attached hydrogen (secondary N) is 1. The summed E-state index contributed by atoms with van der Waals surface area (Å²) >= 11 is 2.93. The monoisotopic (exact) mass is 280 g/mol. The lowest BCUT2D eigenvalue weighted by atomic mass is 10.2. The van der Waals surface area contributed by atoms with E-state index >= 15 is 0 Å². The fourth-order valence-electron chi connectivity index (χ4n) is 1.51. The van der Waals surface area contributed by atoms with Crippen molar-refractivity contribution in [1.29, 1.82) is 0 Å². The van der Waals surface area contributed by atoms with Gasteiger partial charge in [0.15, 0.2) is 5.13 Å². The molecule has 0 saturated carbocycles. The van der Waals surface area contributed by atoms with E-state index in [1.807, 2.05) is 17.5 Å². The zero-order chi connectivity index (χ0) is 13.1. The van der Waals surface area contributed by atoms with Crippen molar-refractivity contribution < 1.29 is 9.59 Å². The number of thiophene rings is 1. The van der Waals surface area contributed by atoms with Gasteiger partial charge in [-0.25, -0.2) is 4.98 Å². The van der Waals surface area contributed by atoms with E-state index in [1.54, 1.807) is 18.3 Å². The van der Waals surface area contributed by atoms with Gasteiger partial charge >= 0.3 is 0 Å². The van der Waals surface area contributed by atoms with Crippen LogP contribution in [0.4, 0.5) is 5.13 Å². The molecule has 2 aromatic heterocycles. The van der Waals surface area contributed by atoms with Crippen molar-refractivity contribution in [1.82, 2.24) is 4.98 Å². The lowest BCUT2D eigenvalue weighted by Gasteiger charge is -1.95. The average molecular weight is 280 g/mol. The number of carbonyl (C=O) groups is 2. The molecule has 0 radical (unpaired) electrons. The smallest absolute Gasteiger partial charge is 0.223 e. The third-order valence-electron chi connectivity index (χ3n) is 2.14. The summed E-state index contributed by atoms with van der Waals surface area (Å²) in [4.78, 5) is 28.6. The fraction of sp³-hybridized carbons (Fsp3) is 0.250. The maximum absolute atomic E-state index is 11.3. The van der Waals surface area contributed by atoms with Crippen LogP contribution in [-0.2, 0) is 16.0 Å². The number of rotatable bonds is 4. The minimum atomic E-state index is -0.157. The first-order valence-electron chi connectivity index (χ1n) is 5.37. The van der Waals surface area contributed by atoms with Crippen LogP contribution in [0.5, 0.6) is 0 Å². The van der Waals surface area contributed by atoms with E-state index in [4.69, 9.17) is 0 Å². The number of Topliss-reactive ketones (excluding diaryl/α,β-unsaturated/α-hetero) is 1. The highest BCUT2D eigenvalue weighted by molar-refractivity contribution is 7.17. The summed E-state index contributed by atoms with van der Waals surface area (Å²) in [6.45, 7) is 2.99. The topological polar surface area (TPSA) is 59.1 Å². The van der Waals surface area contributed by atoms with Gasteiger partial charge < -0.3 is 5.32 Å². The lowest BCUT2D eigenvalue weighted by Crippen LogP contribution is -2.04. The number of anilines is 1. The Hall–Kier alpha value is -1.53. The first kappa shape index (κ1) is 12.9. The van der Waals surface area contributed by atoms with Gasteiger partial charge in [-0.05, 0) is 18.4 Å². The van der Waals surface area contributed by atoms with E-state index in [-0.39, 0.29) is 11.7 Å². The molecule has 2 aromatic rings. The van der Waals surface area contributed by atoms with E-state index in [2.05, 4.69) is 10.3 Å². The molecular weight excluding hydrogens is 268 g/mol. The molecule has 2 rings (SSSR count). The average Bonchev–Trinajstić information content (AvgIpc) is 2.85.